The third kappa shape index (κ3) is 21.3. The number of carbonyl (C=O) groups excluding carboxylic acids is 10. The molecule has 0 bridgehead atoms. The molecule has 0 aliphatic rings. The summed E-state index contributed by atoms with van der Waals surface area (Å²) >= 11 is 6.55. The summed E-state index contributed by atoms with van der Waals surface area (Å²) in [6, 6.07) is -9.02. The summed E-state index contributed by atoms with van der Waals surface area (Å²) in [5, 5.41) is 39.7. The van der Waals surface area contributed by atoms with E-state index in [-0.39, 0.29) is 36.3 Å². The van der Waals surface area contributed by atoms with Crippen molar-refractivity contribution in [3.05, 3.63) is 0 Å². The first-order valence-corrected chi connectivity index (χ1v) is 20.8. The molecule has 23 nitrogen and oxygen atoms in total. The zero-order valence-corrected chi connectivity index (χ0v) is 37.0. The molecule has 10 amide bonds. The molecule has 0 aliphatic carbocycles. The van der Waals surface area contributed by atoms with Crippen molar-refractivity contribution < 1.29 is 63.0 Å². The van der Waals surface area contributed by atoms with Crippen molar-refractivity contribution in [2.24, 2.45) is 17.6 Å². The molecular weight excluding hydrogens is 879 g/mol. The second kappa shape index (κ2) is 28.5. The molecule has 25 heteroatoms. The Bertz CT molecular complexity index is 1560. The van der Waals surface area contributed by atoms with Gasteiger partial charge < -0.3 is 26.8 Å². The third-order valence-electron chi connectivity index (χ3n) is 8.55. The predicted molar refractivity (Wildman–Crippen MR) is 217 cm³/mol. The van der Waals surface area contributed by atoms with Gasteiger partial charge in [-0.1, -0.05) is 34.1 Å². The Morgan fingerprint density at radius 3 is 1.68 bits per heavy atom. The SMILES string of the molecule is CC[C@H](C)[C@H](NC(=O)[C@H](CO)NC(C)=O)C(=O)N[C@@H](CC(C)C)C(=O)N[C@@H](CCC(N)=O)C(=O)N[C@@H](C)C(=O)NCC(=O)N[C@H](C[Se])C(=O)N[C@@H](CS)C(=O)NCC(=O)O. The number of primary amides is 1. The second-order valence-electron chi connectivity index (χ2n) is 14.2. The fourth-order valence-corrected chi connectivity index (χ4v) is 5.82. The second-order valence-corrected chi connectivity index (χ2v) is 15.2. The van der Waals surface area contributed by atoms with E-state index in [0.29, 0.717) is 6.42 Å². The average molecular weight is 939 g/mol. The zero-order chi connectivity index (χ0) is 46.3. The van der Waals surface area contributed by atoms with Crippen LogP contribution in [0.2, 0.25) is 5.32 Å². The number of hydrogen-bond acceptors (Lipinski definition) is 13. The minimum absolute atomic E-state index is 0.0609. The molecule has 0 rings (SSSR count). The van der Waals surface area contributed by atoms with Gasteiger partial charge in [-0.2, -0.15) is 0 Å². The van der Waals surface area contributed by atoms with Crippen molar-refractivity contribution in [2.75, 3.05) is 25.4 Å². The van der Waals surface area contributed by atoms with Crippen LogP contribution >= 0.6 is 12.6 Å². The summed E-state index contributed by atoms with van der Waals surface area (Å²) in [7, 11) is 0. The molecule has 0 saturated carbocycles. The summed E-state index contributed by atoms with van der Waals surface area (Å²) < 4.78 is 0. The Kier molecular flexibility index (Phi) is 26.1. The monoisotopic (exact) mass is 939 g/mol. The van der Waals surface area contributed by atoms with E-state index in [2.05, 4.69) is 76.5 Å². The fraction of sp³-hybridized carbons (Fsp3) is 0.686. The molecular formula is C35H59N10O13SSe. The molecule has 0 spiro atoms. The number of hydrogen-bond donors (Lipinski definition) is 13. The Hall–Kier alpha value is -5.00. The normalized spacial score (nSPS) is 14.8. The van der Waals surface area contributed by atoms with Crippen LogP contribution in [0.15, 0.2) is 0 Å². The van der Waals surface area contributed by atoms with Crippen molar-refractivity contribution in [2.45, 2.75) is 115 Å². The van der Waals surface area contributed by atoms with Gasteiger partial charge in [0.05, 0.1) is 6.61 Å². The average Bonchev–Trinajstić information content (AvgIpc) is 3.18. The number of nitrogens with two attached hydrogens (primary N) is 1. The van der Waals surface area contributed by atoms with Crippen molar-refractivity contribution >= 4 is 93.7 Å². The first-order chi connectivity index (χ1) is 28.0. The molecule has 0 aliphatic heterocycles. The van der Waals surface area contributed by atoms with Gasteiger partial charge in [-0.25, -0.2) is 0 Å². The number of carbonyl (C=O) groups is 11. The van der Waals surface area contributed by atoms with Crippen LogP contribution in [0.3, 0.4) is 0 Å². The van der Waals surface area contributed by atoms with E-state index >= 15 is 0 Å². The maximum atomic E-state index is 13.7. The standard InChI is InChI=1S/C35H59N10O13SSe/c1-7-17(4)28(45-33(56)22(13-46)40-19(6)47)35(58)43-21(10-16(2)3)32(55)42-20(8-9-25(36)48)31(54)39-18(5)29(52)37-11-26(49)41-24(15-60)34(57)44-23(14-59)30(53)38-12-27(50)51/h16-18,20-24,28,46,59H,7-15H2,1-6H3,(H2,36,48)(H,37,52)(H,38,53)(H,39,54)(H,40,47)(H,41,49)(H,42,55)(H,43,58)(H,44,57)(H,45,56)(H,50,51)/t17-,18-,20-,21-,22-,23-,24+,28-/m0/s1. The molecule has 8 atom stereocenters. The van der Waals surface area contributed by atoms with Crippen molar-refractivity contribution in [1.82, 2.24) is 47.9 Å². The van der Waals surface area contributed by atoms with E-state index in [4.69, 9.17) is 10.8 Å². The van der Waals surface area contributed by atoms with Gasteiger partial charge >= 0.3 is 192 Å². The number of amides is 10. The summed E-state index contributed by atoms with van der Waals surface area (Å²) in [6.07, 6.45) is -0.211. The number of carboxylic acids is 1. The number of carboxylic acid groups (broad SMARTS) is 1. The Labute approximate surface area is 361 Å². The van der Waals surface area contributed by atoms with Crippen molar-refractivity contribution in [3.8, 4) is 0 Å². The molecule has 13 N–H and O–H groups in total. The Morgan fingerprint density at radius 2 is 1.18 bits per heavy atom. The molecule has 0 unspecified atom stereocenters. The van der Waals surface area contributed by atoms with Crippen LogP contribution in [0.1, 0.15) is 67.2 Å². The predicted octanol–water partition coefficient (Wildman–Crippen LogP) is -5.40. The number of aliphatic hydroxyl groups excluding tert-OH is 1. The van der Waals surface area contributed by atoms with Gasteiger partial charge in [0.2, 0.25) is 29.5 Å². The molecule has 0 fully saturated rings. The van der Waals surface area contributed by atoms with Gasteiger partial charge in [0.15, 0.2) is 0 Å². The van der Waals surface area contributed by atoms with Gasteiger partial charge in [-0.15, -0.1) is 0 Å². The molecule has 0 saturated heterocycles. The van der Waals surface area contributed by atoms with Crippen LogP contribution in [0.25, 0.3) is 0 Å². The van der Waals surface area contributed by atoms with E-state index in [1.165, 1.54) is 6.92 Å². The van der Waals surface area contributed by atoms with Crippen LogP contribution in [0.4, 0.5) is 0 Å². The first-order valence-electron chi connectivity index (χ1n) is 18.9. The maximum absolute atomic E-state index is 13.7. The molecule has 0 aromatic carbocycles. The summed E-state index contributed by atoms with van der Waals surface area (Å²) in [5.41, 5.74) is 5.30. The van der Waals surface area contributed by atoms with Crippen LogP contribution in [-0.2, 0) is 52.7 Å². The summed E-state index contributed by atoms with van der Waals surface area (Å²) in [4.78, 5) is 138. The van der Waals surface area contributed by atoms with Crippen LogP contribution in [0, 0.1) is 11.8 Å². The molecule has 0 heterocycles. The third-order valence-corrected chi connectivity index (χ3v) is 9.61. The van der Waals surface area contributed by atoms with Crippen LogP contribution in [-0.4, -0.2) is 159 Å². The number of rotatable bonds is 28. The minimum atomic E-state index is -1.45. The van der Waals surface area contributed by atoms with Crippen molar-refractivity contribution in [1.29, 1.82) is 0 Å². The van der Waals surface area contributed by atoms with E-state index < -0.39 is 133 Å². The fourth-order valence-electron chi connectivity index (χ4n) is 5.07. The summed E-state index contributed by atoms with van der Waals surface area (Å²) in [6.45, 7) is 7.26. The number of aliphatic hydroxyl groups is 1. The Morgan fingerprint density at radius 1 is 0.650 bits per heavy atom. The van der Waals surface area contributed by atoms with Crippen LogP contribution in [0.5, 0.6) is 0 Å². The number of nitrogens with one attached hydrogen (secondary N) is 9. The van der Waals surface area contributed by atoms with Gasteiger partial charge in [0.25, 0.3) is 0 Å². The number of thiol groups is 1. The topological polar surface area (TPSA) is 363 Å². The van der Waals surface area contributed by atoms with E-state index in [0.717, 1.165) is 6.92 Å². The van der Waals surface area contributed by atoms with Gasteiger partial charge in [0, 0.05) is 13.3 Å². The van der Waals surface area contributed by atoms with Gasteiger partial charge in [0.1, 0.15) is 18.1 Å². The number of aliphatic carboxylic acids is 1. The van der Waals surface area contributed by atoms with E-state index in [9.17, 15) is 57.8 Å². The first kappa shape index (κ1) is 55.0. The van der Waals surface area contributed by atoms with Gasteiger partial charge in [-0.05, 0) is 18.3 Å². The van der Waals surface area contributed by atoms with E-state index in [1.54, 1.807) is 27.7 Å². The van der Waals surface area contributed by atoms with Gasteiger partial charge in [-0.3, -0.25) is 24.0 Å². The zero-order valence-electron chi connectivity index (χ0n) is 34.4. The van der Waals surface area contributed by atoms with Crippen LogP contribution < -0.4 is 53.6 Å². The molecule has 339 valence electrons. The summed E-state index contributed by atoms with van der Waals surface area (Å²) in [5.74, 6) is -10.3. The quantitative estimate of drug-likeness (QED) is 0.0258. The Balaban J connectivity index is 5.79. The molecule has 1 radical (unpaired) electrons. The molecule has 0 aromatic heterocycles. The van der Waals surface area contributed by atoms with Crippen molar-refractivity contribution in [3.63, 3.8) is 0 Å². The van der Waals surface area contributed by atoms with E-state index in [1.807, 2.05) is 0 Å². The molecule has 0 aromatic rings. The molecule has 60 heavy (non-hydrogen) atoms.